The third-order valence-electron chi connectivity index (χ3n) is 2.16. The molecule has 1 heterocycles. The predicted octanol–water partition coefficient (Wildman–Crippen LogP) is 0.807. The molecule has 2 rings (SSSR count). The van der Waals surface area contributed by atoms with Crippen LogP contribution in [0, 0.1) is 0 Å². The van der Waals surface area contributed by atoms with Crippen molar-refractivity contribution in [2.75, 3.05) is 0 Å². The Morgan fingerprint density at radius 3 is 2.92 bits per heavy atom. The molecule has 2 radical (unpaired) electrons. The number of hydrogen-bond donors (Lipinski definition) is 0. The van der Waals surface area contributed by atoms with Crippen LogP contribution in [0.3, 0.4) is 0 Å². The van der Waals surface area contributed by atoms with Crippen LogP contribution < -0.4 is 10.2 Å². The molecule has 2 nitrogen and oxygen atoms in total. The predicted molar refractivity (Wildman–Crippen MR) is 47.9 cm³/mol. The van der Waals surface area contributed by atoms with E-state index in [4.69, 9.17) is 12.6 Å². The molecule has 0 aromatic carbocycles. The van der Waals surface area contributed by atoms with Gasteiger partial charge in [-0.3, -0.25) is 4.98 Å². The third kappa shape index (κ3) is 1.45. The van der Waals surface area contributed by atoms with E-state index in [1.54, 1.807) is 12.4 Å². The van der Waals surface area contributed by atoms with Crippen molar-refractivity contribution in [2.24, 2.45) is 0 Å². The van der Waals surface area contributed by atoms with Crippen LogP contribution in [0.4, 0.5) is 0 Å². The van der Waals surface area contributed by atoms with Crippen molar-refractivity contribution < 1.29 is 4.74 Å². The Labute approximate surface area is 73.4 Å². The summed E-state index contributed by atoms with van der Waals surface area (Å²) in [4.78, 5) is 3.89. The quantitative estimate of drug-likeness (QED) is 0.595. The largest absolute Gasteiger partial charge is 0.491 e. The maximum absolute atomic E-state index is 5.66. The summed E-state index contributed by atoms with van der Waals surface area (Å²) >= 11 is 0. The van der Waals surface area contributed by atoms with Crippen molar-refractivity contribution in [3.8, 4) is 5.75 Å². The van der Waals surface area contributed by atoms with Gasteiger partial charge in [0, 0.05) is 12.4 Å². The lowest BCUT2D eigenvalue weighted by Crippen LogP contribution is -2.27. The van der Waals surface area contributed by atoms with Crippen molar-refractivity contribution in [3.05, 3.63) is 18.5 Å². The Hall–Kier alpha value is -0.985. The summed E-state index contributed by atoms with van der Waals surface area (Å²) in [5, 5.41) is 0. The standard InChI is InChI=1S/C9H10BNO/c10-8-6-11-5-4-9(8)12-7-2-1-3-7/h4-7H,1-3H2. The van der Waals surface area contributed by atoms with E-state index < -0.39 is 0 Å². The summed E-state index contributed by atoms with van der Waals surface area (Å²) in [6.07, 6.45) is 7.28. The van der Waals surface area contributed by atoms with E-state index in [0.29, 0.717) is 11.6 Å². The van der Waals surface area contributed by atoms with Gasteiger partial charge in [0.2, 0.25) is 0 Å². The van der Waals surface area contributed by atoms with Gasteiger partial charge in [0.15, 0.2) is 0 Å². The summed E-state index contributed by atoms with van der Waals surface area (Å²) in [5.74, 6) is 0.773. The van der Waals surface area contributed by atoms with Crippen molar-refractivity contribution in [2.45, 2.75) is 25.4 Å². The van der Waals surface area contributed by atoms with Crippen molar-refractivity contribution in [3.63, 3.8) is 0 Å². The molecule has 1 aliphatic carbocycles. The summed E-state index contributed by atoms with van der Waals surface area (Å²) in [5.41, 5.74) is 0.629. The molecule has 0 atom stereocenters. The second-order valence-electron chi connectivity index (χ2n) is 3.08. The first kappa shape index (κ1) is 7.65. The highest BCUT2D eigenvalue weighted by Crippen LogP contribution is 2.23. The fraction of sp³-hybridized carbons (Fsp3) is 0.444. The molecule has 3 heteroatoms. The highest BCUT2D eigenvalue weighted by Gasteiger charge is 2.19. The van der Waals surface area contributed by atoms with Crippen LogP contribution in [0.15, 0.2) is 18.5 Å². The van der Waals surface area contributed by atoms with Crippen LogP contribution in [0.5, 0.6) is 5.75 Å². The second-order valence-corrected chi connectivity index (χ2v) is 3.08. The molecule has 0 N–H and O–H groups in total. The normalized spacial score (nSPS) is 17.0. The molecule has 60 valence electrons. The van der Waals surface area contributed by atoms with E-state index in [9.17, 15) is 0 Å². The zero-order chi connectivity index (χ0) is 8.39. The Balaban J connectivity index is 2.06. The molecule has 1 aromatic rings. The van der Waals surface area contributed by atoms with Crippen LogP contribution in [0.1, 0.15) is 19.3 Å². The van der Waals surface area contributed by atoms with Crippen LogP contribution in [-0.2, 0) is 0 Å². The van der Waals surface area contributed by atoms with E-state index in [2.05, 4.69) is 4.98 Å². The van der Waals surface area contributed by atoms with Crippen LogP contribution in [0.2, 0.25) is 0 Å². The average Bonchev–Trinajstić information content (AvgIpc) is 2.00. The topological polar surface area (TPSA) is 22.1 Å². The first-order chi connectivity index (χ1) is 5.86. The number of pyridine rings is 1. The van der Waals surface area contributed by atoms with Gasteiger partial charge in [0.1, 0.15) is 13.6 Å². The van der Waals surface area contributed by atoms with Crippen LogP contribution in [0.25, 0.3) is 0 Å². The van der Waals surface area contributed by atoms with E-state index in [0.717, 1.165) is 18.6 Å². The molecule has 0 aliphatic heterocycles. The molecule has 1 saturated carbocycles. The SMILES string of the molecule is [B]c1cnccc1OC1CCC1. The number of rotatable bonds is 2. The number of hydrogen-bond acceptors (Lipinski definition) is 2. The van der Waals surface area contributed by atoms with Gasteiger partial charge in [0.25, 0.3) is 0 Å². The van der Waals surface area contributed by atoms with E-state index in [1.807, 2.05) is 6.07 Å². The molecule has 0 amide bonds. The number of aromatic nitrogens is 1. The van der Waals surface area contributed by atoms with Gasteiger partial charge < -0.3 is 4.74 Å². The maximum Gasteiger partial charge on any atom is 0.121 e. The van der Waals surface area contributed by atoms with Crippen molar-refractivity contribution >= 4 is 13.3 Å². The van der Waals surface area contributed by atoms with Gasteiger partial charge in [-0.15, -0.1) is 0 Å². The van der Waals surface area contributed by atoms with Crippen LogP contribution >= 0.6 is 0 Å². The zero-order valence-corrected chi connectivity index (χ0v) is 6.86. The van der Waals surface area contributed by atoms with Crippen molar-refractivity contribution in [1.29, 1.82) is 0 Å². The molecule has 1 aliphatic rings. The lowest BCUT2D eigenvalue weighted by Gasteiger charge is -2.27. The summed E-state index contributed by atoms with van der Waals surface area (Å²) in [6.45, 7) is 0. The van der Waals surface area contributed by atoms with E-state index in [-0.39, 0.29) is 0 Å². The summed E-state index contributed by atoms with van der Waals surface area (Å²) < 4.78 is 5.62. The molecule has 0 spiro atoms. The average molecular weight is 159 g/mol. The molecule has 1 fully saturated rings. The van der Waals surface area contributed by atoms with Gasteiger partial charge in [-0.2, -0.15) is 0 Å². The van der Waals surface area contributed by atoms with E-state index >= 15 is 0 Å². The minimum Gasteiger partial charge on any atom is -0.491 e. The number of nitrogens with zero attached hydrogens (tertiary/aromatic N) is 1. The molecule has 0 bridgehead atoms. The molecule has 0 saturated heterocycles. The van der Waals surface area contributed by atoms with Crippen molar-refractivity contribution in [1.82, 2.24) is 4.98 Å². The fourth-order valence-electron chi connectivity index (χ4n) is 1.17. The van der Waals surface area contributed by atoms with Gasteiger partial charge >= 0.3 is 0 Å². The lowest BCUT2D eigenvalue weighted by atomic mass is 9.94. The molecular formula is C9H10BNO. The Bertz CT molecular complexity index is 273. The van der Waals surface area contributed by atoms with E-state index in [1.165, 1.54) is 6.42 Å². The first-order valence-electron chi connectivity index (χ1n) is 4.22. The van der Waals surface area contributed by atoms with Gasteiger partial charge in [0.05, 0.1) is 6.10 Å². The van der Waals surface area contributed by atoms with Gasteiger partial charge in [-0.25, -0.2) is 0 Å². The Kier molecular flexibility index (Phi) is 2.02. The van der Waals surface area contributed by atoms with Crippen LogP contribution in [-0.4, -0.2) is 18.9 Å². The second kappa shape index (κ2) is 3.17. The maximum atomic E-state index is 5.66. The molecule has 0 unspecified atom stereocenters. The highest BCUT2D eigenvalue weighted by atomic mass is 16.5. The number of ether oxygens (including phenoxy) is 1. The lowest BCUT2D eigenvalue weighted by molar-refractivity contribution is 0.121. The summed E-state index contributed by atoms with van der Waals surface area (Å²) in [7, 11) is 5.66. The van der Waals surface area contributed by atoms with Gasteiger partial charge in [-0.1, -0.05) is 0 Å². The minimum atomic E-state index is 0.384. The van der Waals surface area contributed by atoms with Gasteiger partial charge in [-0.05, 0) is 30.8 Å². The highest BCUT2D eigenvalue weighted by molar-refractivity contribution is 6.34. The minimum absolute atomic E-state index is 0.384. The third-order valence-corrected chi connectivity index (χ3v) is 2.16. The monoisotopic (exact) mass is 159 g/mol. The molecular weight excluding hydrogens is 149 g/mol. The zero-order valence-electron chi connectivity index (χ0n) is 6.86. The summed E-state index contributed by atoms with van der Waals surface area (Å²) in [6, 6.07) is 1.81. The molecule has 1 aromatic heterocycles. The first-order valence-corrected chi connectivity index (χ1v) is 4.22. The molecule has 12 heavy (non-hydrogen) atoms. The Morgan fingerprint density at radius 1 is 1.50 bits per heavy atom. The smallest absolute Gasteiger partial charge is 0.121 e. The Morgan fingerprint density at radius 2 is 2.33 bits per heavy atom. The fourth-order valence-corrected chi connectivity index (χ4v) is 1.17.